The van der Waals surface area contributed by atoms with Gasteiger partial charge in [-0.3, -0.25) is 4.98 Å². The molecule has 6 heteroatoms. The van der Waals surface area contributed by atoms with Gasteiger partial charge in [0, 0.05) is 11.8 Å². The molecule has 0 fully saturated rings. The predicted octanol–water partition coefficient (Wildman–Crippen LogP) is 4.09. The number of halogens is 3. The molecule has 2 rings (SSSR count). The van der Waals surface area contributed by atoms with Crippen molar-refractivity contribution in [1.29, 1.82) is 0 Å². The molecular formula is C13H9F3N2O. The summed E-state index contributed by atoms with van der Waals surface area (Å²) in [6.45, 7) is -0.146. The fraction of sp³-hybridized carbons (Fsp3) is 0.154. The van der Waals surface area contributed by atoms with Gasteiger partial charge in [-0.15, -0.1) is 0 Å². The lowest BCUT2D eigenvalue weighted by atomic mass is 10.0. The van der Waals surface area contributed by atoms with Crippen molar-refractivity contribution in [2.24, 2.45) is 5.18 Å². The van der Waals surface area contributed by atoms with E-state index >= 15 is 0 Å². The zero-order valence-corrected chi connectivity index (χ0v) is 9.69. The summed E-state index contributed by atoms with van der Waals surface area (Å²) in [4.78, 5) is 13.8. The van der Waals surface area contributed by atoms with Crippen LogP contribution in [0.2, 0.25) is 0 Å². The molecule has 0 radical (unpaired) electrons. The van der Waals surface area contributed by atoms with Crippen LogP contribution in [0.4, 0.5) is 13.2 Å². The number of aromatic nitrogens is 1. The maximum absolute atomic E-state index is 13.4. The lowest BCUT2D eigenvalue weighted by molar-refractivity contribution is 0.146. The van der Waals surface area contributed by atoms with E-state index in [2.05, 4.69) is 10.2 Å². The molecule has 0 atom stereocenters. The summed E-state index contributed by atoms with van der Waals surface area (Å²) < 4.78 is 38.1. The minimum atomic E-state index is -2.64. The number of hydrogen-bond acceptors (Lipinski definition) is 3. The third-order valence-electron chi connectivity index (χ3n) is 2.55. The van der Waals surface area contributed by atoms with E-state index in [4.69, 9.17) is 0 Å². The van der Waals surface area contributed by atoms with E-state index in [0.29, 0.717) is 16.7 Å². The molecule has 3 nitrogen and oxygen atoms in total. The monoisotopic (exact) mass is 266 g/mol. The lowest BCUT2D eigenvalue weighted by Crippen LogP contribution is -1.91. The topological polar surface area (TPSA) is 42.3 Å². The van der Waals surface area contributed by atoms with Gasteiger partial charge >= 0.3 is 0 Å². The number of alkyl halides is 2. The Hall–Kier alpha value is -2.24. The molecule has 98 valence electrons. The van der Waals surface area contributed by atoms with Crippen LogP contribution in [0.25, 0.3) is 11.1 Å². The van der Waals surface area contributed by atoms with Crippen LogP contribution >= 0.6 is 0 Å². The van der Waals surface area contributed by atoms with E-state index in [1.807, 2.05) is 0 Å². The van der Waals surface area contributed by atoms with Crippen molar-refractivity contribution >= 4 is 0 Å². The van der Waals surface area contributed by atoms with E-state index in [1.54, 1.807) is 6.07 Å². The number of pyridine rings is 1. The summed E-state index contributed by atoms with van der Waals surface area (Å²) in [5, 5.41) is 2.69. The van der Waals surface area contributed by atoms with Crippen LogP contribution in [0.15, 0.2) is 41.7 Å². The van der Waals surface area contributed by atoms with Crippen molar-refractivity contribution in [3.8, 4) is 11.1 Å². The SMILES string of the molecule is O=NCc1cc(F)cc(-c2ccc(C(F)F)nc2)c1. The van der Waals surface area contributed by atoms with E-state index in [1.165, 1.54) is 30.5 Å². The van der Waals surface area contributed by atoms with Gasteiger partial charge in [0.15, 0.2) is 0 Å². The molecule has 0 aliphatic carbocycles. The van der Waals surface area contributed by atoms with Crippen molar-refractivity contribution in [2.75, 3.05) is 0 Å². The highest BCUT2D eigenvalue weighted by molar-refractivity contribution is 5.63. The summed E-state index contributed by atoms with van der Waals surface area (Å²) in [6, 6.07) is 6.63. The van der Waals surface area contributed by atoms with Crippen LogP contribution in [0.5, 0.6) is 0 Å². The average molecular weight is 266 g/mol. The molecule has 0 amide bonds. The Morgan fingerprint density at radius 2 is 1.95 bits per heavy atom. The summed E-state index contributed by atoms with van der Waals surface area (Å²) >= 11 is 0. The average Bonchev–Trinajstić information content (AvgIpc) is 2.38. The van der Waals surface area contributed by atoms with Gasteiger partial charge in [0.05, 0.1) is 0 Å². The fourth-order valence-electron chi connectivity index (χ4n) is 1.69. The number of hydrogen-bond donors (Lipinski definition) is 0. The zero-order chi connectivity index (χ0) is 13.8. The highest BCUT2D eigenvalue weighted by Crippen LogP contribution is 2.24. The maximum atomic E-state index is 13.4. The van der Waals surface area contributed by atoms with E-state index in [-0.39, 0.29) is 12.2 Å². The predicted molar refractivity (Wildman–Crippen MR) is 64.1 cm³/mol. The second-order valence-electron chi connectivity index (χ2n) is 3.91. The van der Waals surface area contributed by atoms with Crippen LogP contribution in [0.1, 0.15) is 17.7 Å². The Labute approximate surface area is 107 Å². The molecule has 0 aliphatic heterocycles. The van der Waals surface area contributed by atoms with Gasteiger partial charge in [0.2, 0.25) is 0 Å². The highest BCUT2D eigenvalue weighted by atomic mass is 19.3. The molecule has 1 aromatic carbocycles. The van der Waals surface area contributed by atoms with Gasteiger partial charge in [-0.2, -0.15) is 4.91 Å². The molecular weight excluding hydrogens is 257 g/mol. The second-order valence-corrected chi connectivity index (χ2v) is 3.91. The molecule has 0 saturated carbocycles. The fourth-order valence-corrected chi connectivity index (χ4v) is 1.69. The van der Waals surface area contributed by atoms with Crippen molar-refractivity contribution < 1.29 is 13.2 Å². The summed E-state index contributed by atoms with van der Waals surface area (Å²) in [5.41, 5.74) is 1.04. The van der Waals surface area contributed by atoms with Gasteiger partial charge in [0.25, 0.3) is 6.43 Å². The number of benzene rings is 1. The number of rotatable bonds is 4. The van der Waals surface area contributed by atoms with Crippen molar-refractivity contribution in [2.45, 2.75) is 13.0 Å². The summed E-state index contributed by atoms with van der Waals surface area (Å²) in [6.07, 6.45) is -1.40. The van der Waals surface area contributed by atoms with Gasteiger partial charge in [-0.05, 0) is 35.4 Å². The first-order chi connectivity index (χ1) is 9.10. The summed E-state index contributed by atoms with van der Waals surface area (Å²) in [7, 11) is 0. The Balaban J connectivity index is 2.37. The van der Waals surface area contributed by atoms with Crippen molar-refractivity contribution in [3.63, 3.8) is 0 Å². The van der Waals surface area contributed by atoms with Gasteiger partial charge in [0.1, 0.15) is 18.1 Å². The normalized spacial score (nSPS) is 10.7. The molecule has 19 heavy (non-hydrogen) atoms. The first kappa shape index (κ1) is 13.2. The van der Waals surface area contributed by atoms with Crippen molar-refractivity contribution in [1.82, 2.24) is 4.98 Å². The Bertz CT molecular complexity index is 585. The van der Waals surface area contributed by atoms with Crippen LogP contribution < -0.4 is 0 Å². The molecule has 0 spiro atoms. The largest absolute Gasteiger partial charge is 0.280 e. The third kappa shape index (κ3) is 3.15. The van der Waals surface area contributed by atoms with Crippen molar-refractivity contribution in [3.05, 3.63) is 58.5 Å². The molecule has 0 unspecified atom stereocenters. The smallest absolute Gasteiger partial charge is 0.255 e. The summed E-state index contributed by atoms with van der Waals surface area (Å²) in [5.74, 6) is -0.519. The second kappa shape index (κ2) is 5.60. The van der Waals surface area contributed by atoms with Gasteiger partial charge in [-0.25, -0.2) is 13.2 Å². The molecule has 1 heterocycles. The van der Waals surface area contributed by atoms with E-state index in [9.17, 15) is 18.1 Å². The Kier molecular flexibility index (Phi) is 3.89. The Morgan fingerprint density at radius 1 is 1.16 bits per heavy atom. The van der Waals surface area contributed by atoms with Crippen LogP contribution in [0, 0.1) is 10.7 Å². The standard InChI is InChI=1S/C13H9F3N2O/c14-11-4-8(6-18-19)3-10(5-11)9-1-2-12(13(15)16)17-7-9/h1-5,7,13H,6H2. The van der Waals surface area contributed by atoms with Crippen LogP contribution in [-0.4, -0.2) is 4.98 Å². The highest BCUT2D eigenvalue weighted by Gasteiger charge is 2.09. The van der Waals surface area contributed by atoms with E-state index in [0.717, 1.165) is 0 Å². The molecule has 0 bridgehead atoms. The molecule has 0 aliphatic rings. The Morgan fingerprint density at radius 3 is 2.53 bits per heavy atom. The minimum absolute atomic E-state index is 0.146. The first-order valence-electron chi connectivity index (χ1n) is 5.43. The van der Waals surface area contributed by atoms with Gasteiger partial charge < -0.3 is 0 Å². The first-order valence-corrected chi connectivity index (χ1v) is 5.43. The van der Waals surface area contributed by atoms with Crippen LogP contribution in [0.3, 0.4) is 0 Å². The zero-order valence-electron chi connectivity index (χ0n) is 9.69. The molecule has 0 saturated heterocycles. The van der Waals surface area contributed by atoms with Gasteiger partial charge in [-0.1, -0.05) is 11.2 Å². The number of nitrogens with zero attached hydrogens (tertiary/aromatic N) is 2. The van der Waals surface area contributed by atoms with Crippen LogP contribution in [-0.2, 0) is 6.54 Å². The lowest BCUT2D eigenvalue weighted by Gasteiger charge is -2.05. The maximum Gasteiger partial charge on any atom is 0.280 e. The number of nitroso groups, excluding NO2 is 1. The van der Waals surface area contributed by atoms with E-state index < -0.39 is 12.2 Å². The third-order valence-corrected chi connectivity index (χ3v) is 2.55. The molecule has 2 aromatic rings. The molecule has 0 N–H and O–H groups in total. The minimum Gasteiger partial charge on any atom is -0.255 e. The molecule has 1 aromatic heterocycles. The quantitative estimate of drug-likeness (QED) is 0.782.